The highest BCUT2D eigenvalue weighted by Crippen LogP contribution is 2.60. The van der Waals surface area contributed by atoms with Gasteiger partial charge in [-0.2, -0.15) is 0 Å². The third-order valence-corrected chi connectivity index (χ3v) is 7.36. The molecule has 1 unspecified atom stereocenters. The van der Waals surface area contributed by atoms with Crippen LogP contribution in [0.5, 0.6) is 0 Å². The van der Waals surface area contributed by atoms with Crippen molar-refractivity contribution in [2.75, 3.05) is 13.1 Å². The highest BCUT2D eigenvalue weighted by Gasteiger charge is 2.60. The third kappa shape index (κ3) is 2.65. The molecule has 1 aromatic carbocycles. The van der Waals surface area contributed by atoms with Crippen LogP contribution in [0.3, 0.4) is 0 Å². The van der Waals surface area contributed by atoms with Gasteiger partial charge in [0, 0.05) is 13.1 Å². The van der Waals surface area contributed by atoms with E-state index < -0.39 is 11.4 Å². The number of piperidine rings is 1. The Morgan fingerprint density at radius 2 is 1.76 bits per heavy atom. The van der Waals surface area contributed by atoms with Crippen LogP contribution in [0.15, 0.2) is 18.2 Å². The summed E-state index contributed by atoms with van der Waals surface area (Å²) in [6.45, 7) is 1.32. The Hall–Kier alpha value is -1.26. The van der Waals surface area contributed by atoms with E-state index in [0.717, 1.165) is 44.1 Å². The number of aliphatic carboxylic acids is 1. The molecule has 2 aliphatic carbocycles. The lowest BCUT2D eigenvalue weighted by Crippen LogP contribution is -2.53. The van der Waals surface area contributed by atoms with E-state index in [-0.39, 0.29) is 17.2 Å². The zero-order chi connectivity index (χ0) is 17.8. The number of hydrogen-bond acceptors (Lipinski definition) is 2. The number of carboxylic acid groups (broad SMARTS) is 1. The van der Waals surface area contributed by atoms with Gasteiger partial charge >= 0.3 is 5.97 Å². The Morgan fingerprint density at radius 3 is 2.24 bits per heavy atom. The number of carbonyl (C=O) groups is 2. The molecule has 0 aromatic heterocycles. The van der Waals surface area contributed by atoms with Crippen LogP contribution >= 0.6 is 23.2 Å². The number of rotatable bonds is 3. The van der Waals surface area contributed by atoms with Gasteiger partial charge in [0.2, 0.25) is 5.91 Å². The molecule has 1 N–H and O–H groups in total. The van der Waals surface area contributed by atoms with Gasteiger partial charge < -0.3 is 10.0 Å². The molecule has 1 amide bonds. The first-order valence-corrected chi connectivity index (χ1v) is 9.61. The van der Waals surface area contributed by atoms with Gasteiger partial charge in [0.05, 0.1) is 21.4 Å². The van der Waals surface area contributed by atoms with Crippen LogP contribution in [-0.2, 0) is 15.0 Å². The molecule has 1 aliphatic heterocycles. The van der Waals surface area contributed by atoms with Crippen molar-refractivity contribution in [2.24, 2.45) is 11.3 Å². The molecule has 1 saturated heterocycles. The largest absolute Gasteiger partial charge is 0.481 e. The normalized spacial score (nSPS) is 26.2. The van der Waals surface area contributed by atoms with Crippen molar-refractivity contribution in [3.8, 4) is 0 Å². The standard InChI is InChI=1S/C19H21Cl2NO3/c20-14-3-2-12(10-15(14)21)19(4-1-5-19)17(25)22-8-6-18(7-9-22)11-13(18)16(23)24/h2-3,10,13H,1,4-9,11H2,(H,23,24). The summed E-state index contributed by atoms with van der Waals surface area (Å²) in [4.78, 5) is 26.4. The second kappa shape index (κ2) is 5.88. The van der Waals surface area contributed by atoms with Crippen LogP contribution < -0.4 is 0 Å². The van der Waals surface area contributed by atoms with Crippen LogP contribution in [0.1, 0.15) is 44.1 Å². The number of carboxylic acids is 1. The van der Waals surface area contributed by atoms with E-state index in [0.29, 0.717) is 23.1 Å². The molecule has 25 heavy (non-hydrogen) atoms. The van der Waals surface area contributed by atoms with Crippen molar-refractivity contribution in [1.29, 1.82) is 0 Å². The molecule has 1 heterocycles. The fraction of sp³-hybridized carbons (Fsp3) is 0.579. The quantitative estimate of drug-likeness (QED) is 0.855. The maximum Gasteiger partial charge on any atom is 0.307 e. The molecular weight excluding hydrogens is 361 g/mol. The van der Waals surface area contributed by atoms with Crippen molar-refractivity contribution in [2.45, 2.75) is 43.9 Å². The van der Waals surface area contributed by atoms with Crippen molar-refractivity contribution < 1.29 is 14.7 Å². The zero-order valence-corrected chi connectivity index (χ0v) is 15.4. The Kier molecular flexibility index (Phi) is 4.04. The fourth-order valence-corrected chi connectivity index (χ4v) is 4.96. The van der Waals surface area contributed by atoms with Gasteiger partial charge in [0.1, 0.15) is 0 Å². The molecular formula is C19H21Cl2NO3. The first-order valence-electron chi connectivity index (χ1n) is 8.86. The van der Waals surface area contributed by atoms with E-state index >= 15 is 0 Å². The van der Waals surface area contributed by atoms with E-state index in [2.05, 4.69) is 0 Å². The topological polar surface area (TPSA) is 57.6 Å². The molecule has 1 aromatic rings. The Balaban J connectivity index is 1.50. The number of halogens is 2. The number of nitrogens with zero attached hydrogens (tertiary/aromatic N) is 1. The van der Waals surface area contributed by atoms with Crippen molar-refractivity contribution in [3.63, 3.8) is 0 Å². The number of likely N-dealkylation sites (tertiary alicyclic amines) is 1. The van der Waals surface area contributed by atoms with Gasteiger partial charge in [-0.3, -0.25) is 9.59 Å². The molecule has 0 bridgehead atoms. The SMILES string of the molecule is O=C(O)C1CC12CCN(C(=O)C1(c3ccc(Cl)c(Cl)c3)CCC1)CC2. The predicted molar refractivity (Wildman–Crippen MR) is 96.0 cm³/mol. The van der Waals surface area contributed by atoms with Crippen molar-refractivity contribution >= 4 is 35.1 Å². The lowest BCUT2D eigenvalue weighted by molar-refractivity contribution is -0.143. The van der Waals surface area contributed by atoms with Gasteiger partial charge in [-0.05, 0) is 55.2 Å². The van der Waals surface area contributed by atoms with Crippen LogP contribution in [0.4, 0.5) is 0 Å². The van der Waals surface area contributed by atoms with E-state index in [9.17, 15) is 14.7 Å². The summed E-state index contributed by atoms with van der Waals surface area (Å²) in [6, 6.07) is 5.51. The number of hydrogen-bond donors (Lipinski definition) is 1. The molecule has 3 fully saturated rings. The zero-order valence-electron chi connectivity index (χ0n) is 13.9. The van der Waals surface area contributed by atoms with E-state index in [1.165, 1.54) is 0 Å². The minimum absolute atomic E-state index is 0.0566. The molecule has 1 atom stereocenters. The maximum atomic E-state index is 13.3. The lowest BCUT2D eigenvalue weighted by Gasteiger charge is -2.46. The maximum absolute atomic E-state index is 13.3. The molecule has 134 valence electrons. The minimum Gasteiger partial charge on any atom is -0.481 e. The van der Waals surface area contributed by atoms with Gasteiger partial charge in [-0.1, -0.05) is 35.7 Å². The molecule has 4 rings (SSSR count). The van der Waals surface area contributed by atoms with Gasteiger partial charge in [0.25, 0.3) is 0 Å². The molecule has 6 heteroatoms. The summed E-state index contributed by atoms with van der Waals surface area (Å²) in [7, 11) is 0. The first-order chi connectivity index (χ1) is 11.9. The Labute approximate surface area is 157 Å². The van der Waals surface area contributed by atoms with Crippen LogP contribution in [0, 0.1) is 11.3 Å². The second-order valence-corrected chi connectivity index (χ2v) is 8.63. The minimum atomic E-state index is -0.689. The average molecular weight is 382 g/mol. The number of carbonyl (C=O) groups excluding carboxylic acids is 1. The van der Waals surface area contributed by atoms with Crippen LogP contribution in [0.25, 0.3) is 0 Å². The monoisotopic (exact) mass is 381 g/mol. The van der Waals surface area contributed by atoms with Crippen molar-refractivity contribution in [1.82, 2.24) is 4.90 Å². The molecule has 2 saturated carbocycles. The molecule has 0 radical (unpaired) electrons. The smallest absolute Gasteiger partial charge is 0.307 e. The summed E-state index contributed by atoms with van der Waals surface area (Å²) in [5, 5.41) is 10.2. The highest BCUT2D eigenvalue weighted by molar-refractivity contribution is 6.42. The van der Waals surface area contributed by atoms with Crippen molar-refractivity contribution in [3.05, 3.63) is 33.8 Å². The summed E-state index contributed by atoms with van der Waals surface area (Å²) in [6.07, 6.45) is 5.07. The second-order valence-electron chi connectivity index (χ2n) is 7.81. The van der Waals surface area contributed by atoms with E-state index in [1.807, 2.05) is 17.0 Å². The van der Waals surface area contributed by atoms with E-state index in [4.69, 9.17) is 23.2 Å². The van der Waals surface area contributed by atoms with Gasteiger partial charge in [-0.15, -0.1) is 0 Å². The first kappa shape index (κ1) is 17.2. The predicted octanol–water partition coefficient (Wildman–Crippen LogP) is 4.13. The third-order valence-electron chi connectivity index (χ3n) is 6.62. The lowest BCUT2D eigenvalue weighted by atomic mass is 9.63. The summed E-state index contributed by atoms with van der Waals surface area (Å²) in [5.41, 5.74) is 0.418. The number of benzene rings is 1. The van der Waals surface area contributed by atoms with Gasteiger partial charge in [0.15, 0.2) is 0 Å². The Bertz CT molecular complexity index is 736. The average Bonchev–Trinajstić information content (AvgIpc) is 3.24. The summed E-state index contributed by atoms with van der Waals surface area (Å²) < 4.78 is 0. The summed E-state index contributed by atoms with van der Waals surface area (Å²) in [5.74, 6) is -0.733. The Morgan fingerprint density at radius 1 is 1.08 bits per heavy atom. The van der Waals surface area contributed by atoms with Crippen LogP contribution in [-0.4, -0.2) is 35.0 Å². The van der Waals surface area contributed by atoms with Crippen LogP contribution in [0.2, 0.25) is 10.0 Å². The number of amides is 1. The van der Waals surface area contributed by atoms with Gasteiger partial charge in [-0.25, -0.2) is 0 Å². The highest BCUT2D eigenvalue weighted by atomic mass is 35.5. The fourth-order valence-electron chi connectivity index (χ4n) is 4.66. The molecule has 3 aliphatic rings. The summed E-state index contributed by atoms with van der Waals surface area (Å²) >= 11 is 12.2. The molecule has 1 spiro atoms. The molecule has 4 nitrogen and oxygen atoms in total. The van der Waals surface area contributed by atoms with E-state index in [1.54, 1.807) is 6.07 Å².